The van der Waals surface area contributed by atoms with Gasteiger partial charge in [-0.15, -0.1) is 5.92 Å². The Balaban J connectivity index is 2.00. The van der Waals surface area contributed by atoms with Crippen molar-refractivity contribution in [3.05, 3.63) is 36.5 Å². The maximum Gasteiger partial charge on any atom is 0.215 e. The number of hydrogen-bond acceptors (Lipinski definition) is 5. The smallest absolute Gasteiger partial charge is 0.215 e. The molecule has 0 bridgehead atoms. The number of nitrogens with one attached hydrogen (secondary N) is 1. The Morgan fingerprint density at radius 1 is 1.26 bits per heavy atom. The van der Waals surface area contributed by atoms with Crippen LogP contribution in [-0.4, -0.2) is 55.9 Å². The zero-order valence-corrected chi connectivity index (χ0v) is 16.8. The molecule has 1 atom stereocenters. The molecule has 1 aliphatic heterocycles. The predicted octanol–water partition coefficient (Wildman–Crippen LogP) is 1.88. The average Bonchev–Trinajstić information content (AvgIpc) is 2.65. The van der Waals surface area contributed by atoms with E-state index in [1.165, 1.54) is 16.4 Å². The van der Waals surface area contributed by atoms with E-state index < -0.39 is 21.5 Å². The third kappa shape index (κ3) is 5.66. The molecule has 1 radical (unpaired) electrons. The number of benzene rings is 1. The lowest BCUT2D eigenvalue weighted by Crippen LogP contribution is -2.53. The van der Waals surface area contributed by atoms with Crippen LogP contribution in [0.5, 0.6) is 0 Å². The number of hydrogen-bond donors (Lipinski definition) is 2. The minimum Gasteiger partial charge on any atom is -0.369 e. The van der Waals surface area contributed by atoms with E-state index in [2.05, 4.69) is 17.3 Å². The van der Waals surface area contributed by atoms with Crippen LogP contribution in [0.2, 0.25) is 0 Å². The highest BCUT2D eigenvalue weighted by molar-refractivity contribution is 7.89. The van der Waals surface area contributed by atoms with E-state index >= 15 is 0 Å². The summed E-state index contributed by atoms with van der Waals surface area (Å²) in [6.45, 7) is 7.09. The van der Waals surface area contributed by atoms with Gasteiger partial charge >= 0.3 is 0 Å². The molecule has 0 amide bonds. The van der Waals surface area contributed by atoms with Crippen LogP contribution in [0, 0.1) is 29.5 Å². The lowest BCUT2D eigenvalue weighted by atomic mass is 9.83. The Bertz CT molecular complexity index is 777. The Morgan fingerprint density at radius 3 is 2.37 bits per heavy atom. The highest BCUT2D eigenvalue weighted by Crippen LogP contribution is 2.26. The molecule has 1 unspecified atom stereocenters. The molecule has 1 aromatic carbocycles. The summed E-state index contributed by atoms with van der Waals surface area (Å²) in [6.07, 6.45) is 1.70. The normalized spacial score (nSPS) is 17.3. The molecule has 1 heterocycles. The summed E-state index contributed by atoms with van der Waals surface area (Å²) in [6, 6.07) is 5.50. The quantitative estimate of drug-likeness (QED) is 0.544. The van der Waals surface area contributed by atoms with Gasteiger partial charge in [-0.2, -0.15) is 4.31 Å². The van der Waals surface area contributed by atoms with Crippen molar-refractivity contribution in [3.63, 3.8) is 0 Å². The second-order valence-corrected chi connectivity index (χ2v) is 9.20. The van der Waals surface area contributed by atoms with Crippen molar-refractivity contribution in [1.82, 2.24) is 9.79 Å². The predicted molar refractivity (Wildman–Crippen MR) is 104 cm³/mol. The molecule has 149 valence electrons. The van der Waals surface area contributed by atoms with Crippen molar-refractivity contribution < 1.29 is 18.0 Å². The van der Waals surface area contributed by atoms with Crippen LogP contribution in [-0.2, 0) is 10.0 Å². The fraction of sp³-hybridized carbons (Fsp3) is 0.526. The van der Waals surface area contributed by atoms with Crippen LogP contribution in [0.1, 0.15) is 20.8 Å². The minimum atomic E-state index is -3.56. The van der Waals surface area contributed by atoms with Crippen LogP contribution in [0.3, 0.4) is 0 Å². The van der Waals surface area contributed by atoms with Gasteiger partial charge in [-0.3, -0.25) is 0 Å². The van der Waals surface area contributed by atoms with Crippen LogP contribution in [0.4, 0.5) is 10.1 Å². The monoisotopic (exact) mass is 396 g/mol. The summed E-state index contributed by atoms with van der Waals surface area (Å²) < 4.78 is 40.1. The molecule has 8 heteroatoms. The van der Waals surface area contributed by atoms with E-state index in [1.807, 2.05) is 18.7 Å². The topological polar surface area (TPSA) is 72.9 Å². The standard InChI is InChI=1S/C19H27FN3O3S/c1-4-5-10-19(2,3)18(21-24)15-27(25,26)23-13-11-22(12-14-23)17-8-6-16(20)7-9-17/h6-10,18,21,24H,11-15H2,1-3H3. The van der Waals surface area contributed by atoms with Crippen molar-refractivity contribution in [3.8, 4) is 11.8 Å². The molecule has 1 fully saturated rings. The molecule has 6 nitrogen and oxygen atoms in total. The molecule has 2 rings (SSSR count). The molecule has 0 aromatic heterocycles. The third-order valence-corrected chi connectivity index (χ3v) is 6.75. The largest absolute Gasteiger partial charge is 0.369 e. The van der Waals surface area contributed by atoms with Gasteiger partial charge in [-0.1, -0.05) is 19.8 Å². The first-order valence-electron chi connectivity index (χ1n) is 8.84. The zero-order chi connectivity index (χ0) is 20.1. The zero-order valence-electron chi connectivity index (χ0n) is 15.9. The molecule has 2 N–H and O–H groups in total. The maximum atomic E-state index is 13.1. The van der Waals surface area contributed by atoms with Gasteiger partial charge in [0.1, 0.15) is 5.82 Å². The Morgan fingerprint density at radius 2 is 1.85 bits per heavy atom. The Kier molecular flexibility index (Phi) is 7.23. The summed E-state index contributed by atoms with van der Waals surface area (Å²) in [5, 5.41) is 9.50. The molecular weight excluding hydrogens is 369 g/mol. The van der Waals surface area contributed by atoms with E-state index in [0.29, 0.717) is 26.2 Å². The highest BCUT2D eigenvalue weighted by Gasteiger charge is 2.36. The van der Waals surface area contributed by atoms with Crippen LogP contribution < -0.4 is 10.4 Å². The average molecular weight is 397 g/mol. The van der Waals surface area contributed by atoms with Gasteiger partial charge in [-0.25, -0.2) is 18.3 Å². The Labute approximate surface area is 161 Å². The summed E-state index contributed by atoms with van der Waals surface area (Å²) in [5.74, 6) is 5.05. The first kappa shape index (κ1) is 21.6. The summed E-state index contributed by atoms with van der Waals surface area (Å²) in [4.78, 5) is 2.03. The van der Waals surface area contributed by atoms with Crippen molar-refractivity contribution >= 4 is 15.7 Å². The summed E-state index contributed by atoms with van der Waals surface area (Å²) in [5.41, 5.74) is 2.38. The molecule has 27 heavy (non-hydrogen) atoms. The number of halogens is 1. The van der Waals surface area contributed by atoms with E-state index in [0.717, 1.165) is 5.69 Å². The molecular formula is C19H27FN3O3S. The number of rotatable bonds is 7. The maximum absolute atomic E-state index is 13.1. The summed E-state index contributed by atoms with van der Waals surface area (Å²) in [7, 11) is -3.56. The fourth-order valence-electron chi connectivity index (χ4n) is 2.97. The van der Waals surface area contributed by atoms with Gasteiger partial charge < -0.3 is 10.1 Å². The first-order valence-corrected chi connectivity index (χ1v) is 10.4. The van der Waals surface area contributed by atoms with Crippen LogP contribution >= 0.6 is 0 Å². The lowest BCUT2D eigenvalue weighted by molar-refractivity contribution is 0.0890. The number of hydroxylamine groups is 1. The lowest BCUT2D eigenvalue weighted by Gasteiger charge is -2.37. The SMILES string of the molecule is CC#C[CH]C(C)(C)C(CS(=O)(=O)N1CCN(c2ccc(F)cc2)CC1)NO. The van der Waals surface area contributed by atoms with Crippen molar-refractivity contribution in [2.75, 3.05) is 36.8 Å². The van der Waals surface area contributed by atoms with E-state index in [4.69, 9.17) is 0 Å². The van der Waals surface area contributed by atoms with E-state index in [9.17, 15) is 18.0 Å². The second-order valence-electron chi connectivity index (χ2n) is 7.18. The van der Waals surface area contributed by atoms with E-state index in [1.54, 1.807) is 25.5 Å². The number of nitrogens with zero attached hydrogens (tertiary/aromatic N) is 2. The highest BCUT2D eigenvalue weighted by atomic mass is 32.2. The second kappa shape index (κ2) is 9.02. The first-order chi connectivity index (χ1) is 12.7. The van der Waals surface area contributed by atoms with Crippen LogP contribution in [0.15, 0.2) is 24.3 Å². The van der Waals surface area contributed by atoms with Crippen LogP contribution in [0.25, 0.3) is 0 Å². The van der Waals surface area contributed by atoms with Gasteiger partial charge in [0.2, 0.25) is 10.0 Å². The molecule has 1 aliphatic rings. The van der Waals surface area contributed by atoms with Crippen molar-refractivity contribution in [2.45, 2.75) is 26.8 Å². The van der Waals surface area contributed by atoms with Gasteiger partial charge in [0.15, 0.2) is 0 Å². The molecule has 1 aromatic rings. The number of sulfonamides is 1. The summed E-state index contributed by atoms with van der Waals surface area (Å²) >= 11 is 0. The molecule has 0 saturated carbocycles. The number of anilines is 1. The van der Waals surface area contributed by atoms with Gasteiger partial charge in [0, 0.05) is 38.3 Å². The fourth-order valence-corrected chi connectivity index (χ4v) is 4.83. The van der Waals surface area contributed by atoms with Gasteiger partial charge in [0.25, 0.3) is 0 Å². The van der Waals surface area contributed by atoms with E-state index in [-0.39, 0.29) is 11.6 Å². The Hall–Kier alpha value is -1.66. The van der Waals surface area contributed by atoms with Gasteiger partial charge in [0.05, 0.1) is 11.8 Å². The number of piperazine rings is 1. The molecule has 0 aliphatic carbocycles. The van der Waals surface area contributed by atoms with Crippen molar-refractivity contribution in [2.24, 2.45) is 5.41 Å². The van der Waals surface area contributed by atoms with Crippen molar-refractivity contribution in [1.29, 1.82) is 0 Å². The molecule has 0 spiro atoms. The third-order valence-electron chi connectivity index (χ3n) is 4.84. The van der Waals surface area contributed by atoms with Gasteiger partial charge in [-0.05, 0) is 36.6 Å². The minimum absolute atomic E-state index is 0.227. The molecule has 1 saturated heterocycles.